The highest BCUT2D eigenvalue weighted by Crippen LogP contribution is 2.42. The average molecular weight is 391 g/mol. The van der Waals surface area contributed by atoms with Crippen LogP contribution in [0, 0.1) is 13.8 Å². The molecule has 1 amide bonds. The second-order valence-corrected chi connectivity index (χ2v) is 7.40. The van der Waals surface area contributed by atoms with Gasteiger partial charge in [-0.15, -0.1) is 0 Å². The number of benzene rings is 2. The van der Waals surface area contributed by atoms with Crippen LogP contribution >= 0.6 is 0 Å². The van der Waals surface area contributed by atoms with Crippen LogP contribution in [0.25, 0.3) is 11.3 Å². The standard InChI is InChI=1S/C23H25N3O3/c1-14-5-9-16(10-6-14)20-19-21(25-24-20)23(27)26(13-18(28-3)29-4)22(19)17-11-7-15(2)8-12-17/h5-12,18,22H,13H2,1-4H3,(H,24,25). The van der Waals surface area contributed by atoms with Gasteiger partial charge in [-0.3, -0.25) is 9.89 Å². The van der Waals surface area contributed by atoms with Crippen LogP contribution in [-0.4, -0.2) is 48.1 Å². The molecule has 1 aliphatic heterocycles. The number of aromatic amines is 1. The maximum absolute atomic E-state index is 13.3. The molecule has 4 rings (SSSR count). The molecule has 0 saturated carbocycles. The van der Waals surface area contributed by atoms with Gasteiger partial charge in [0, 0.05) is 25.3 Å². The Kier molecular flexibility index (Phi) is 5.22. The zero-order valence-electron chi connectivity index (χ0n) is 17.1. The third-order valence-corrected chi connectivity index (χ3v) is 5.45. The number of nitrogens with one attached hydrogen (secondary N) is 1. The molecule has 2 aromatic carbocycles. The van der Waals surface area contributed by atoms with Crippen LogP contribution in [-0.2, 0) is 9.47 Å². The van der Waals surface area contributed by atoms with E-state index in [2.05, 4.69) is 53.5 Å². The first-order chi connectivity index (χ1) is 14.0. The topological polar surface area (TPSA) is 67.5 Å². The second kappa shape index (κ2) is 7.81. The summed E-state index contributed by atoms with van der Waals surface area (Å²) in [6, 6.07) is 16.2. The van der Waals surface area contributed by atoms with Gasteiger partial charge >= 0.3 is 0 Å². The van der Waals surface area contributed by atoms with Crippen molar-refractivity contribution in [3.63, 3.8) is 0 Å². The van der Waals surface area contributed by atoms with Crippen molar-refractivity contribution in [1.82, 2.24) is 15.1 Å². The van der Waals surface area contributed by atoms with Gasteiger partial charge in [0.2, 0.25) is 0 Å². The summed E-state index contributed by atoms with van der Waals surface area (Å²) in [6.07, 6.45) is -0.508. The Bertz CT molecular complexity index is 1000. The van der Waals surface area contributed by atoms with E-state index >= 15 is 0 Å². The molecule has 1 atom stereocenters. The van der Waals surface area contributed by atoms with Crippen molar-refractivity contribution in [3.8, 4) is 11.3 Å². The van der Waals surface area contributed by atoms with E-state index < -0.39 is 6.29 Å². The van der Waals surface area contributed by atoms with Crippen LogP contribution in [0.15, 0.2) is 48.5 Å². The van der Waals surface area contributed by atoms with Gasteiger partial charge in [0.1, 0.15) is 5.69 Å². The molecule has 0 bridgehead atoms. The molecular weight excluding hydrogens is 366 g/mol. The number of aromatic nitrogens is 2. The highest BCUT2D eigenvalue weighted by molar-refractivity contribution is 6.00. The molecule has 0 spiro atoms. The van der Waals surface area contributed by atoms with Crippen LogP contribution in [0.4, 0.5) is 0 Å². The summed E-state index contributed by atoms with van der Waals surface area (Å²) < 4.78 is 10.7. The van der Waals surface area contributed by atoms with Crippen LogP contribution < -0.4 is 0 Å². The van der Waals surface area contributed by atoms with E-state index in [0.717, 1.165) is 22.4 Å². The highest BCUT2D eigenvalue weighted by Gasteiger charge is 2.43. The number of nitrogens with zero attached hydrogens (tertiary/aromatic N) is 2. The first kappa shape index (κ1) is 19.4. The van der Waals surface area contributed by atoms with Gasteiger partial charge in [-0.1, -0.05) is 59.7 Å². The third kappa shape index (κ3) is 3.45. The van der Waals surface area contributed by atoms with Gasteiger partial charge in [-0.25, -0.2) is 0 Å². The molecule has 1 aliphatic rings. The predicted octanol–water partition coefficient (Wildman–Crippen LogP) is 3.86. The van der Waals surface area contributed by atoms with Crippen molar-refractivity contribution < 1.29 is 14.3 Å². The quantitative estimate of drug-likeness (QED) is 0.648. The van der Waals surface area contributed by atoms with E-state index in [0.29, 0.717) is 12.2 Å². The van der Waals surface area contributed by atoms with E-state index in [9.17, 15) is 4.79 Å². The molecule has 0 saturated heterocycles. The Morgan fingerprint density at radius 2 is 1.59 bits per heavy atom. The molecule has 0 fully saturated rings. The molecule has 0 radical (unpaired) electrons. The van der Waals surface area contributed by atoms with Crippen molar-refractivity contribution >= 4 is 5.91 Å². The Balaban J connectivity index is 1.84. The Morgan fingerprint density at radius 1 is 1.00 bits per heavy atom. The Morgan fingerprint density at radius 3 is 2.17 bits per heavy atom. The summed E-state index contributed by atoms with van der Waals surface area (Å²) in [4.78, 5) is 15.1. The second-order valence-electron chi connectivity index (χ2n) is 7.40. The van der Waals surface area contributed by atoms with E-state index in [1.54, 1.807) is 19.1 Å². The van der Waals surface area contributed by atoms with E-state index in [1.807, 2.05) is 19.1 Å². The lowest BCUT2D eigenvalue weighted by molar-refractivity contribution is -0.113. The summed E-state index contributed by atoms with van der Waals surface area (Å²) in [5.41, 5.74) is 6.58. The van der Waals surface area contributed by atoms with Crippen molar-refractivity contribution in [2.24, 2.45) is 0 Å². The number of carbonyl (C=O) groups is 1. The average Bonchev–Trinajstić information content (AvgIpc) is 3.27. The molecule has 6 heteroatoms. The van der Waals surface area contributed by atoms with Gasteiger partial charge < -0.3 is 14.4 Å². The number of fused-ring (bicyclic) bond motifs is 1. The number of ether oxygens (including phenoxy) is 2. The molecule has 150 valence electrons. The summed E-state index contributed by atoms with van der Waals surface area (Å²) in [5.74, 6) is -0.101. The minimum absolute atomic E-state index is 0.101. The molecule has 3 aromatic rings. The first-order valence-corrected chi connectivity index (χ1v) is 9.62. The normalized spacial score (nSPS) is 16.0. The summed E-state index contributed by atoms with van der Waals surface area (Å²) >= 11 is 0. The van der Waals surface area contributed by atoms with Crippen LogP contribution in [0.1, 0.15) is 38.8 Å². The van der Waals surface area contributed by atoms with Gasteiger partial charge in [0.05, 0.1) is 18.3 Å². The molecule has 6 nitrogen and oxygen atoms in total. The van der Waals surface area contributed by atoms with Gasteiger partial charge in [-0.05, 0) is 19.4 Å². The fourth-order valence-electron chi connectivity index (χ4n) is 3.82. The van der Waals surface area contributed by atoms with Crippen LogP contribution in [0.3, 0.4) is 0 Å². The smallest absolute Gasteiger partial charge is 0.273 e. The minimum atomic E-state index is -0.508. The molecular formula is C23H25N3O3. The summed E-state index contributed by atoms with van der Waals surface area (Å²) in [7, 11) is 3.16. The number of aryl methyl sites for hydroxylation is 2. The zero-order chi connectivity index (χ0) is 20.5. The third-order valence-electron chi connectivity index (χ3n) is 5.45. The largest absolute Gasteiger partial charge is 0.354 e. The molecule has 1 aromatic heterocycles. The van der Waals surface area contributed by atoms with Crippen LogP contribution in [0.2, 0.25) is 0 Å². The van der Waals surface area contributed by atoms with E-state index in [1.165, 1.54) is 11.1 Å². The number of rotatable bonds is 6. The summed E-state index contributed by atoms with van der Waals surface area (Å²) in [5, 5.41) is 7.48. The SMILES string of the molecule is COC(CN1C(=O)c2[nH]nc(-c3ccc(C)cc3)c2C1c1ccc(C)cc1)OC. The lowest BCUT2D eigenvalue weighted by Gasteiger charge is -2.29. The van der Waals surface area contributed by atoms with Crippen molar-refractivity contribution in [2.75, 3.05) is 20.8 Å². The van der Waals surface area contributed by atoms with Gasteiger partial charge in [-0.2, -0.15) is 5.10 Å². The molecule has 1 unspecified atom stereocenters. The lowest BCUT2D eigenvalue weighted by atomic mass is 9.95. The highest BCUT2D eigenvalue weighted by atomic mass is 16.7. The van der Waals surface area contributed by atoms with Crippen LogP contribution in [0.5, 0.6) is 0 Å². The number of H-pyrrole nitrogens is 1. The fraction of sp³-hybridized carbons (Fsp3) is 0.304. The van der Waals surface area contributed by atoms with E-state index in [4.69, 9.17) is 9.47 Å². The van der Waals surface area contributed by atoms with Crippen molar-refractivity contribution in [1.29, 1.82) is 0 Å². The zero-order valence-corrected chi connectivity index (χ0v) is 17.1. The minimum Gasteiger partial charge on any atom is -0.354 e. The maximum atomic E-state index is 13.3. The number of amides is 1. The van der Waals surface area contributed by atoms with Gasteiger partial charge in [0.25, 0.3) is 5.91 Å². The fourth-order valence-corrected chi connectivity index (χ4v) is 3.82. The molecule has 29 heavy (non-hydrogen) atoms. The van der Waals surface area contributed by atoms with Crippen molar-refractivity contribution in [2.45, 2.75) is 26.2 Å². The first-order valence-electron chi connectivity index (χ1n) is 9.62. The maximum Gasteiger partial charge on any atom is 0.273 e. The predicted molar refractivity (Wildman–Crippen MR) is 111 cm³/mol. The number of hydrogen-bond donors (Lipinski definition) is 1. The Labute approximate surface area is 170 Å². The number of carbonyl (C=O) groups excluding carboxylic acids is 1. The van der Waals surface area contributed by atoms with Gasteiger partial charge in [0.15, 0.2) is 6.29 Å². The van der Waals surface area contributed by atoms with Crippen molar-refractivity contribution in [3.05, 3.63) is 76.5 Å². The number of hydrogen-bond acceptors (Lipinski definition) is 4. The lowest BCUT2D eigenvalue weighted by Crippen LogP contribution is -2.38. The number of methoxy groups -OCH3 is 2. The Hall–Kier alpha value is -2.96. The van der Waals surface area contributed by atoms with E-state index in [-0.39, 0.29) is 11.9 Å². The molecule has 1 N–H and O–H groups in total. The summed E-state index contributed by atoms with van der Waals surface area (Å²) in [6.45, 7) is 4.42. The molecule has 2 heterocycles. The molecule has 0 aliphatic carbocycles. The monoisotopic (exact) mass is 391 g/mol.